The highest BCUT2D eigenvalue weighted by Crippen LogP contribution is 2.37. The summed E-state index contributed by atoms with van der Waals surface area (Å²) in [4.78, 5) is 12.2. The van der Waals surface area contributed by atoms with Crippen LogP contribution in [0.15, 0.2) is 70.4 Å². The molecule has 3 N–H and O–H groups in total. The second-order valence-electron chi connectivity index (χ2n) is 6.36. The molecule has 1 aromatic heterocycles. The van der Waals surface area contributed by atoms with E-state index < -0.39 is 21.6 Å². The summed E-state index contributed by atoms with van der Waals surface area (Å²) < 4.78 is 36.4. The van der Waals surface area contributed by atoms with Crippen LogP contribution in [0.2, 0.25) is 0 Å². The molecular formula is C21H22ClNO6S. The first-order valence-electron chi connectivity index (χ1n) is 8.96. The summed E-state index contributed by atoms with van der Waals surface area (Å²) in [7, 11) is -3.74. The molecule has 160 valence electrons. The second kappa shape index (κ2) is 10.3. The van der Waals surface area contributed by atoms with Crippen LogP contribution in [0.3, 0.4) is 0 Å². The standard InChI is InChI=1S/C21H21NO6S.ClH/c22-10-4-11-28-20-18(15-9-12-27-13-15)8-7-16(19(20)21(23)24)14-29(25,26)17-5-2-1-3-6-17;/h1-3,5-9,12-13H,4,10-11,14,22H2,(H,23,24);1H. The number of nitrogens with two attached hydrogens (primary N) is 1. The number of halogens is 1. The van der Waals surface area contributed by atoms with Crippen molar-refractivity contribution in [2.45, 2.75) is 17.1 Å². The van der Waals surface area contributed by atoms with E-state index in [0.29, 0.717) is 24.1 Å². The molecule has 3 rings (SSSR count). The molecule has 0 aliphatic carbocycles. The van der Waals surface area contributed by atoms with E-state index in [-0.39, 0.29) is 40.8 Å². The molecule has 1 heterocycles. The normalized spacial score (nSPS) is 11.0. The van der Waals surface area contributed by atoms with E-state index in [1.807, 2.05) is 0 Å². The van der Waals surface area contributed by atoms with Crippen molar-refractivity contribution in [2.75, 3.05) is 13.2 Å². The third-order valence-electron chi connectivity index (χ3n) is 4.33. The molecule has 9 heteroatoms. The average Bonchev–Trinajstić information content (AvgIpc) is 3.23. The van der Waals surface area contributed by atoms with Crippen molar-refractivity contribution in [1.82, 2.24) is 0 Å². The van der Waals surface area contributed by atoms with Crippen LogP contribution in [0.5, 0.6) is 5.75 Å². The van der Waals surface area contributed by atoms with E-state index in [1.54, 1.807) is 30.3 Å². The third kappa shape index (κ3) is 5.21. The van der Waals surface area contributed by atoms with E-state index in [4.69, 9.17) is 14.9 Å². The molecule has 0 aliphatic heterocycles. The topological polar surface area (TPSA) is 120 Å². The zero-order valence-corrected chi connectivity index (χ0v) is 17.6. The summed E-state index contributed by atoms with van der Waals surface area (Å²) in [6.07, 6.45) is 3.46. The molecule has 0 atom stereocenters. The molecule has 2 aromatic carbocycles. The summed E-state index contributed by atoms with van der Waals surface area (Å²) >= 11 is 0. The van der Waals surface area contributed by atoms with Gasteiger partial charge in [-0.05, 0) is 36.7 Å². The molecule has 7 nitrogen and oxygen atoms in total. The van der Waals surface area contributed by atoms with Crippen molar-refractivity contribution < 1.29 is 27.5 Å². The predicted octanol–water partition coefficient (Wildman–Crippen LogP) is 3.77. The van der Waals surface area contributed by atoms with Crippen LogP contribution in [0.25, 0.3) is 11.1 Å². The number of ether oxygens (including phenoxy) is 1. The molecule has 0 amide bonds. The highest BCUT2D eigenvalue weighted by molar-refractivity contribution is 7.90. The fourth-order valence-corrected chi connectivity index (χ4v) is 4.34. The van der Waals surface area contributed by atoms with E-state index in [9.17, 15) is 18.3 Å². The molecule has 0 radical (unpaired) electrons. The number of carboxylic acid groups (broad SMARTS) is 1. The predicted molar refractivity (Wildman–Crippen MR) is 115 cm³/mol. The maximum Gasteiger partial charge on any atom is 0.339 e. The van der Waals surface area contributed by atoms with Gasteiger partial charge in [0, 0.05) is 11.1 Å². The Bertz CT molecular complexity index is 1080. The van der Waals surface area contributed by atoms with Crippen LogP contribution in [-0.4, -0.2) is 32.6 Å². The lowest BCUT2D eigenvalue weighted by atomic mass is 9.99. The van der Waals surface area contributed by atoms with Gasteiger partial charge in [-0.3, -0.25) is 0 Å². The molecule has 0 saturated carbocycles. The Labute approximate surface area is 180 Å². The summed E-state index contributed by atoms with van der Waals surface area (Å²) in [5.74, 6) is -1.62. The zero-order valence-electron chi connectivity index (χ0n) is 16.0. The number of benzene rings is 2. The van der Waals surface area contributed by atoms with Crippen molar-refractivity contribution in [3.63, 3.8) is 0 Å². The second-order valence-corrected chi connectivity index (χ2v) is 8.35. The highest BCUT2D eigenvalue weighted by atomic mass is 35.5. The fraction of sp³-hybridized carbons (Fsp3) is 0.190. The lowest BCUT2D eigenvalue weighted by molar-refractivity contribution is 0.0691. The Morgan fingerprint density at radius 2 is 1.83 bits per heavy atom. The Balaban J connectivity index is 0.00000320. The lowest BCUT2D eigenvalue weighted by Crippen LogP contribution is -2.14. The Hall–Kier alpha value is -2.81. The summed E-state index contributed by atoms with van der Waals surface area (Å²) in [6.45, 7) is 0.585. The molecule has 3 aromatic rings. The molecule has 0 aliphatic rings. The van der Waals surface area contributed by atoms with Crippen molar-refractivity contribution in [1.29, 1.82) is 0 Å². The van der Waals surface area contributed by atoms with Gasteiger partial charge in [-0.25, -0.2) is 13.2 Å². The lowest BCUT2D eigenvalue weighted by Gasteiger charge is -2.17. The van der Waals surface area contributed by atoms with Crippen LogP contribution >= 0.6 is 12.4 Å². The Morgan fingerprint density at radius 3 is 2.43 bits per heavy atom. The summed E-state index contributed by atoms with van der Waals surface area (Å²) in [5, 5.41) is 9.87. The van der Waals surface area contributed by atoms with Crippen LogP contribution in [0, 0.1) is 0 Å². The average molecular weight is 452 g/mol. The number of rotatable bonds is 9. The fourth-order valence-electron chi connectivity index (χ4n) is 2.95. The van der Waals surface area contributed by atoms with Gasteiger partial charge in [-0.1, -0.05) is 30.3 Å². The number of carbonyl (C=O) groups is 1. The van der Waals surface area contributed by atoms with Crippen molar-refractivity contribution in [3.05, 3.63) is 72.2 Å². The van der Waals surface area contributed by atoms with Gasteiger partial charge in [0.15, 0.2) is 9.84 Å². The van der Waals surface area contributed by atoms with Gasteiger partial charge < -0.3 is 20.0 Å². The molecular weight excluding hydrogens is 430 g/mol. The van der Waals surface area contributed by atoms with Crippen molar-refractivity contribution in [2.24, 2.45) is 5.73 Å². The Kier molecular flexibility index (Phi) is 8.05. The van der Waals surface area contributed by atoms with Crippen LogP contribution in [-0.2, 0) is 15.6 Å². The number of carboxylic acids is 1. The van der Waals surface area contributed by atoms with Gasteiger partial charge >= 0.3 is 5.97 Å². The van der Waals surface area contributed by atoms with E-state index in [0.717, 1.165) is 0 Å². The van der Waals surface area contributed by atoms with E-state index >= 15 is 0 Å². The largest absolute Gasteiger partial charge is 0.492 e. The van der Waals surface area contributed by atoms with Crippen LogP contribution in [0.4, 0.5) is 0 Å². The van der Waals surface area contributed by atoms with Crippen molar-refractivity contribution in [3.8, 4) is 16.9 Å². The number of furan rings is 1. The smallest absolute Gasteiger partial charge is 0.339 e. The highest BCUT2D eigenvalue weighted by Gasteiger charge is 2.26. The number of sulfone groups is 1. The molecule has 0 fully saturated rings. The molecule has 0 unspecified atom stereocenters. The van der Waals surface area contributed by atoms with Gasteiger partial charge in [0.25, 0.3) is 0 Å². The SMILES string of the molecule is Cl.NCCCOc1c(-c2ccoc2)ccc(CS(=O)(=O)c2ccccc2)c1C(=O)O. The first-order chi connectivity index (χ1) is 13.9. The van der Waals surface area contributed by atoms with E-state index in [2.05, 4.69) is 0 Å². The first-order valence-corrected chi connectivity index (χ1v) is 10.6. The maximum atomic E-state index is 12.8. The minimum absolute atomic E-state index is 0. The Morgan fingerprint density at radius 1 is 1.10 bits per heavy atom. The maximum absolute atomic E-state index is 12.8. The first kappa shape index (κ1) is 23.5. The van der Waals surface area contributed by atoms with Gasteiger partial charge in [-0.2, -0.15) is 0 Å². The number of hydrogen-bond donors (Lipinski definition) is 2. The van der Waals surface area contributed by atoms with Crippen molar-refractivity contribution >= 4 is 28.2 Å². The van der Waals surface area contributed by atoms with E-state index in [1.165, 1.54) is 30.7 Å². The van der Waals surface area contributed by atoms with Crippen LogP contribution in [0.1, 0.15) is 22.3 Å². The molecule has 30 heavy (non-hydrogen) atoms. The van der Waals surface area contributed by atoms with Crippen LogP contribution < -0.4 is 10.5 Å². The van der Waals surface area contributed by atoms with Gasteiger partial charge in [0.1, 0.15) is 11.3 Å². The monoisotopic (exact) mass is 451 g/mol. The van der Waals surface area contributed by atoms with Gasteiger partial charge in [-0.15, -0.1) is 12.4 Å². The zero-order chi connectivity index (χ0) is 20.9. The van der Waals surface area contributed by atoms with Gasteiger partial charge in [0.2, 0.25) is 0 Å². The number of aromatic carboxylic acids is 1. The molecule has 0 saturated heterocycles. The molecule has 0 bridgehead atoms. The number of hydrogen-bond acceptors (Lipinski definition) is 6. The minimum atomic E-state index is -3.74. The van der Waals surface area contributed by atoms with Gasteiger partial charge in [0.05, 0.1) is 29.8 Å². The summed E-state index contributed by atoms with van der Waals surface area (Å²) in [5.41, 5.74) is 6.62. The third-order valence-corrected chi connectivity index (χ3v) is 6.01. The quantitative estimate of drug-likeness (QED) is 0.475. The minimum Gasteiger partial charge on any atom is -0.492 e. The summed E-state index contributed by atoms with van der Waals surface area (Å²) in [6, 6.07) is 12.7. The molecule has 0 spiro atoms.